The molecule has 0 fully saturated rings. The lowest BCUT2D eigenvalue weighted by Crippen LogP contribution is -2.05. The molecule has 0 bridgehead atoms. The van der Waals surface area contributed by atoms with E-state index in [1.807, 2.05) is 6.07 Å². The third-order valence-corrected chi connectivity index (χ3v) is 2.46. The van der Waals surface area contributed by atoms with Crippen LogP contribution in [0.25, 0.3) is 6.08 Å². The van der Waals surface area contributed by atoms with Gasteiger partial charge in [0.25, 0.3) is 0 Å². The first kappa shape index (κ1) is 13.7. The van der Waals surface area contributed by atoms with E-state index in [9.17, 15) is 10.1 Å². The predicted octanol–water partition coefficient (Wildman–Crippen LogP) is 2.84. The van der Waals surface area contributed by atoms with E-state index in [0.717, 1.165) is 0 Å². The van der Waals surface area contributed by atoms with E-state index in [1.54, 1.807) is 32.0 Å². The van der Waals surface area contributed by atoms with Gasteiger partial charge in [0.05, 0.1) is 17.6 Å². The number of nitro groups is 1. The van der Waals surface area contributed by atoms with Crippen molar-refractivity contribution < 1.29 is 9.66 Å². The summed E-state index contributed by atoms with van der Waals surface area (Å²) >= 11 is 0. The number of allylic oxidation sites excluding steroid dienone is 1. The van der Waals surface area contributed by atoms with Gasteiger partial charge in [-0.3, -0.25) is 10.1 Å². The molecule has 0 saturated heterocycles. The van der Waals surface area contributed by atoms with Gasteiger partial charge in [0.2, 0.25) is 5.70 Å². The van der Waals surface area contributed by atoms with E-state index in [1.165, 1.54) is 13.2 Å². The number of ether oxygens (including phenoxy) is 1. The molecule has 1 aromatic rings. The van der Waals surface area contributed by atoms with Gasteiger partial charge < -0.3 is 4.74 Å². The third-order valence-electron chi connectivity index (χ3n) is 2.46. The quantitative estimate of drug-likeness (QED) is 0.604. The normalized spacial score (nSPS) is 11.2. The Labute approximate surface area is 105 Å². The SMILES string of the molecule is COc1ccc(/C=C(/C(C)C)[N+](=O)[O-])cc1C#N. The molecule has 5 nitrogen and oxygen atoms in total. The lowest BCUT2D eigenvalue weighted by atomic mass is 10.1. The summed E-state index contributed by atoms with van der Waals surface area (Å²) < 4.78 is 5.01. The highest BCUT2D eigenvalue weighted by molar-refractivity contribution is 5.57. The Kier molecular flexibility index (Phi) is 4.44. The Morgan fingerprint density at radius 1 is 1.56 bits per heavy atom. The minimum absolute atomic E-state index is 0.115. The molecule has 0 aliphatic carbocycles. The second-order valence-electron chi connectivity index (χ2n) is 4.05. The second kappa shape index (κ2) is 5.82. The Hall–Kier alpha value is -2.35. The number of benzene rings is 1. The molecule has 0 aliphatic rings. The van der Waals surface area contributed by atoms with E-state index >= 15 is 0 Å². The molecule has 0 N–H and O–H groups in total. The Balaban J connectivity index is 3.23. The molecule has 0 saturated carbocycles. The molecule has 18 heavy (non-hydrogen) atoms. The number of methoxy groups -OCH3 is 1. The molecule has 0 amide bonds. The fraction of sp³-hybridized carbons (Fsp3) is 0.308. The highest BCUT2D eigenvalue weighted by Gasteiger charge is 2.15. The molecule has 0 unspecified atom stereocenters. The number of nitrogens with zero attached hydrogens (tertiary/aromatic N) is 2. The summed E-state index contributed by atoms with van der Waals surface area (Å²) in [5.74, 6) is 0.273. The van der Waals surface area contributed by atoms with Crippen LogP contribution in [0.4, 0.5) is 0 Å². The molecule has 5 heteroatoms. The topological polar surface area (TPSA) is 76.2 Å². The van der Waals surface area contributed by atoms with Crippen molar-refractivity contribution in [3.63, 3.8) is 0 Å². The molecule has 0 spiro atoms. The van der Waals surface area contributed by atoms with Crippen LogP contribution in [-0.4, -0.2) is 12.0 Å². The zero-order chi connectivity index (χ0) is 13.7. The summed E-state index contributed by atoms with van der Waals surface area (Å²) in [6, 6.07) is 6.88. The molecule has 94 valence electrons. The summed E-state index contributed by atoms with van der Waals surface area (Å²) in [6.45, 7) is 3.51. The minimum atomic E-state index is -0.402. The van der Waals surface area contributed by atoms with Crippen molar-refractivity contribution >= 4 is 6.08 Å². The van der Waals surface area contributed by atoms with Crippen LogP contribution in [0.2, 0.25) is 0 Å². The molecule has 0 radical (unpaired) electrons. The van der Waals surface area contributed by atoms with Crippen LogP contribution in [0.3, 0.4) is 0 Å². The van der Waals surface area contributed by atoms with Crippen LogP contribution in [0.15, 0.2) is 23.9 Å². The monoisotopic (exact) mass is 246 g/mol. The first-order chi connectivity index (χ1) is 8.49. The molecule has 0 heterocycles. The van der Waals surface area contributed by atoms with Gasteiger partial charge in [0.15, 0.2) is 0 Å². The largest absolute Gasteiger partial charge is 0.495 e. The second-order valence-corrected chi connectivity index (χ2v) is 4.05. The zero-order valence-corrected chi connectivity index (χ0v) is 10.5. The van der Waals surface area contributed by atoms with Crippen molar-refractivity contribution in [2.75, 3.05) is 7.11 Å². The number of hydrogen-bond acceptors (Lipinski definition) is 4. The minimum Gasteiger partial charge on any atom is -0.495 e. The van der Waals surface area contributed by atoms with Crippen molar-refractivity contribution in [3.8, 4) is 11.8 Å². The summed E-state index contributed by atoms with van der Waals surface area (Å²) in [7, 11) is 1.47. The lowest BCUT2D eigenvalue weighted by Gasteiger charge is -2.05. The highest BCUT2D eigenvalue weighted by Crippen LogP contribution is 2.22. The first-order valence-corrected chi connectivity index (χ1v) is 5.43. The van der Waals surface area contributed by atoms with Crippen LogP contribution in [-0.2, 0) is 0 Å². The molecule has 1 rings (SSSR count). The molecule has 1 aromatic carbocycles. The van der Waals surface area contributed by atoms with Gasteiger partial charge >= 0.3 is 0 Å². The molecular weight excluding hydrogens is 232 g/mol. The zero-order valence-electron chi connectivity index (χ0n) is 10.5. The Bertz CT molecular complexity index is 528. The van der Waals surface area contributed by atoms with E-state index in [2.05, 4.69) is 0 Å². The smallest absolute Gasteiger partial charge is 0.249 e. The maximum absolute atomic E-state index is 10.9. The van der Waals surface area contributed by atoms with E-state index in [-0.39, 0.29) is 11.6 Å². The highest BCUT2D eigenvalue weighted by atomic mass is 16.6. The van der Waals surface area contributed by atoms with Gasteiger partial charge in [-0.05, 0) is 17.7 Å². The van der Waals surface area contributed by atoms with E-state index in [4.69, 9.17) is 10.00 Å². The van der Waals surface area contributed by atoms with Gasteiger partial charge in [-0.15, -0.1) is 0 Å². The van der Waals surface area contributed by atoms with Crippen molar-refractivity contribution in [2.24, 2.45) is 5.92 Å². The predicted molar refractivity (Wildman–Crippen MR) is 67.5 cm³/mol. The Morgan fingerprint density at radius 2 is 2.22 bits per heavy atom. The summed E-state index contributed by atoms with van der Waals surface area (Å²) in [5, 5.41) is 19.8. The van der Waals surface area contributed by atoms with Crippen LogP contribution in [0, 0.1) is 27.4 Å². The van der Waals surface area contributed by atoms with E-state index in [0.29, 0.717) is 16.9 Å². The van der Waals surface area contributed by atoms with Gasteiger partial charge in [-0.1, -0.05) is 19.9 Å². The molecule has 0 aliphatic heterocycles. The lowest BCUT2D eigenvalue weighted by molar-refractivity contribution is -0.431. The van der Waals surface area contributed by atoms with Gasteiger partial charge in [0, 0.05) is 12.0 Å². The fourth-order valence-electron chi connectivity index (χ4n) is 1.50. The van der Waals surface area contributed by atoms with Crippen LogP contribution in [0.1, 0.15) is 25.0 Å². The van der Waals surface area contributed by atoms with E-state index < -0.39 is 4.92 Å². The summed E-state index contributed by atoms with van der Waals surface area (Å²) in [4.78, 5) is 10.5. The average Bonchev–Trinajstić information content (AvgIpc) is 2.34. The Morgan fingerprint density at radius 3 is 2.67 bits per heavy atom. The van der Waals surface area contributed by atoms with Crippen LogP contribution in [0.5, 0.6) is 5.75 Å². The van der Waals surface area contributed by atoms with Crippen LogP contribution >= 0.6 is 0 Å². The van der Waals surface area contributed by atoms with Crippen molar-refractivity contribution in [1.29, 1.82) is 5.26 Å². The molecule has 0 aromatic heterocycles. The number of hydrogen-bond donors (Lipinski definition) is 0. The fourth-order valence-corrected chi connectivity index (χ4v) is 1.50. The van der Waals surface area contributed by atoms with Gasteiger partial charge in [0.1, 0.15) is 11.8 Å². The average molecular weight is 246 g/mol. The van der Waals surface area contributed by atoms with Crippen molar-refractivity contribution in [3.05, 3.63) is 45.1 Å². The summed E-state index contributed by atoms with van der Waals surface area (Å²) in [5.41, 5.74) is 1.09. The maximum atomic E-state index is 10.9. The van der Waals surface area contributed by atoms with Crippen molar-refractivity contribution in [1.82, 2.24) is 0 Å². The standard InChI is InChI=1S/C13H14N2O3/c1-9(2)12(15(16)17)7-10-4-5-13(18-3)11(6-10)8-14/h4-7,9H,1-3H3/b12-7-. The van der Waals surface area contributed by atoms with Gasteiger partial charge in [-0.25, -0.2) is 0 Å². The first-order valence-electron chi connectivity index (χ1n) is 5.43. The maximum Gasteiger partial charge on any atom is 0.249 e. The summed E-state index contributed by atoms with van der Waals surface area (Å²) in [6.07, 6.45) is 1.48. The molecular formula is C13H14N2O3. The number of nitriles is 1. The van der Waals surface area contributed by atoms with Crippen molar-refractivity contribution in [2.45, 2.75) is 13.8 Å². The number of rotatable bonds is 4. The van der Waals surface area contributed by atoms with Crippen LogP contribution < -0.4 is 4.74 Å². The van der Waals surface area contributed by atoms with Gasteiger partial charge in [-0.2, -0.15) is 5.26 Å². The molecule has 0 atom stereocenters. The third kappa shape index (κ3) is 3.08.